The molecular weight excluding hydrogens is 434 g/mol. The van der Waals surface area contributed by atoms with Gasteiger partial charge in [0.2, 0.25) is 11.8 Å². The van der Waals surface area contributed by atoms with Crippen LogP contribution in [-0.4, -0.2) is 107 Å². The van der Waals surface area contributed by atoms with Crippen LogP contribution in [0.5, 0.6) is 0 Å². The van der Waals surface area contributed by atoms with Gasteiger partial charge in [0.1, 0.15) is 6.04 Å². The Balaban J connectivity index is 1.56. The Labute approximate surface area is 193 Å². The minimum atomic E-state index is -0.684. The van der Waals surface area contributed by atoms with E-state index in [0.717, 1.165) is 26.1 Å². The van der Waals surface area contributed by atoms with Crippen LogP contribution in [0.2, 0.25) is 0 Å². The largest absolute Gasteiger partial charge is 0.466 e. The van der Waals surface area contributed by atoms with Crippen molar-refractivity contribution in [1.82, 2.24) is 15.1 Å². The van der Waals surface area contributed by atoms with Gasteiger partial charge >= 0.3 is 5.97 Å². The van der Waals surface area contributed by atoms with Gasteiger partial charge in [0.15, 0.2) is 0 Å². The summed E-state index contributed by atoms with van der Waals surface area (Å²) in [4.78, 5) is 43.9. The first-order valence-corrected chi connectivity index (χ1v) is 12.7. The van der Waals surface area contributed by atoms with Gasteiger partial charge in [-0.15, -0.1) is 11.8 Å². The van der Waals surface area contributed by atoms with E-state index in [1.165, 1.54) is 0 Å². The Kier molecular flexibility index (Phi) is 7.33. The Morgan fingerprint density at radius 2 is 2.09 bits per heavy atom. The van der Waals surface area contributed by atoms with E-state index in [1.807, 2.05) is 6.92 Å². The van der Waals surface area contributed by atoms with Crippen LogP contribution in [-0.2, 0) is 23.9 Å². The molecule has 2 amide bonds. The molecule has 0 aliphatic carbocycles. The molecule has 1 spiro atoms. The van der Waals surface area contributed by atoms with Gasteiger partial charge in [-0.25, -0.2) is 0 Å². The summed E-state index contributed by atoms with van der Waals surface area (Å²) in [5, 5.41) is 13.1. The number of fused-ring (bicyclic) bond motifs is 1. The van der Waals surface area contributed by atoms with E-state index in [2.05, 4.69) is 10.2 Å². The lowest BCUT2D eigenvalue weighted by atomic mass is 9.71. The predicted octanol–water partition coefficient (Wildman–Crippen LogP) is -0.140. The van der Waals surface area contributed by atoms with Gasteiger partial charge in [0, 0.05) is 31.4 Å². The molecule has 0 aromatic rings. The van der Waals surface area contributed by atoms with Gasteiger partial charge in [-0.3, -0.25) is 19.3 Å². The number of likely N-dealkylation sites (tertiary alicyclic amines) is 1. The van der Waals surface area contributed by atoms with Gasteiger partial charge in [0.25, 0.3) is 0 Å². The summed E-state index contributed by atoms with van der Waals surface area (Å²) in [6.07, 6.45) is 2.05. The maximum Gasteiger partial charge on any atom is 0.310 e. The highest BCUT2D eigenvalue weighted by Gasteiger charge is 2.74. The first-order valence-electron chi connectivity index (χ1n) is 11.8. The molecule has 4 aliphatic rings. The molecule has 0 aromatic carbocycles. The zero-order chi connectivity index (χ0) is 22.9. The fourth-order valence-electron chi connectivity index (χ4n) is 5.96. The lowest BCUT2D eigenvalue weighted by Crippen LogP contribution is -2.57. The van der Waals surface area contributed by atoms with E-state index in [-0.39, 0.29) is 36.2 Å². The average Bonchev–Trinajstić information content (AvgIpc) is 3.43. The minimum absolute atomic E-state index is 0.00278. The van der Waals surface area contributed by atoms with Crippen molar-refractivity contribution in [3.63, 3.8) is 0 Å². The number of rotatable bonds is 9. The third kappa shape index (κ3) is 3.93. The second kappa shape index (κ2) is 9.87. The Morgan fingerprint density at radius 1 is 1.34 bits per heavy atom. The van der Waals surface area contributed by atoms with Crippen LogP contribution >= 0.6 is 11.8 Å². The lowest BCUT2D eigenvalue weighted by molar-refractivity contribution is -0.154. The molecule has 0 aromatic heterocycles. The van der Waals surface area contributed by atoms with Crippen LogP contribution in [0, 0.1) is 11.8 Å². The van der Waals surface area contributed by atoms with Crippen molar-refractivity contribution in [1.29, 1.82) is 0 Å². The second-order valence-corrected chi connectivity index (χ2v) is 10.6. The third-order valence-corrected chi connectivity index (χ3v) is 9.40. The highest BCUT2D eigenvalue weighted by atomic mass is 32.2. The Hall–Kier alpha value is -1.36. The minimum Gasteiger partial charge on any atom is -0.466 e. The van der Waals surface area contributed by atoms with Crippen LogP contribution in [0.25, 0.3) is 0 Å². The molecule has 4 rings (SSSR count). The molecule has 2 unspecified atom stereocenters. The van der Waals surface area contributed by atoms with E-state index in [4.69, 9.17) is 9.47 Å². The summed E-state index contributed by atoms with van der Waals surface area (Å²) in [6, 6.07) is -1.13. The summed E-state index contributed by atoms with van der Waals surface area (Å²) in [7, 11) is 0. The van der Waals surface area contributed by atoms with E-state index >= 15 is 0 Å². The third-order valence-electron chi connectivity index (χ3n) is 7.45. The van der Waals surface area contributed by atoms with E-state index in [1.54, 1.807) is 23.6 Å². The molecule has 2 N–H and O–H groups in total. The molecule has 180 valence electrons. The van der Waals surface area contributed by atoms with Crippen molar-refractivity contribution in [2.24, 2.45) is 11.8 Å². The molecular formula is C22H35N3O6S. The van der Waals surface area contributed by atoms with Crippen LogP contribution in [0.4, 0.5) is 0 Å². The van der Waals surface area contributed by atoms with Gasteiger partial charge in [-0.1, -0.05) is 6.92 Å². The zero-order valence-corrected chi connectivity index (χ0v) is 19.8. The average molecular weight is 470 g/mol. The molecule has 2 bridgehead atoms. The number of hydrogen-bond acceptors (Lipinski definition) is 8. The zero-order valence-electron chi connectivity index (χ0n) is 19.0. The fourth-order valence-corrected chi connectivity index (χ4v) is 8.16. The number of esters is 1. The highest BCUT2D eigenvalue weighted by molar-refractivity contribution is 8.02. The monoisotopic (exact) mass is 469 g/mol. The second-order valence-electron chi connectivity index (χ2n) is 9.04. The number of amides is 2. The first-order chi connectivity index (χ1) is 15.5. The molecule has 4 heterocycles. The van der Waals surface area contributed by atoms with Crippen molar-refractivity contribution >= 4 is 29.5 Å². The van der Waals surface area contributed by atoms with Crippen molar-refractivity contribution in [3.05, 3.63) is 0 Å². The Morgan fingerprint density at radius 3 is 2.75 bits per heavy atom. The number of aliphatic hydroxyl groups is 1. The predicted molar refractivity (Wildman–Crippen MR) is 119 cm³/mol. The van der Waals surface area contributed by atoms with Gasteiger partial charge < -0.3 is 24.8 Å². The van der Waals surface area contributed by atoms with Crippen LogP contribution in [0.3, 0.4) is 0 Å². The lowest BCUT2D eigenvalue weighted by Gasteiger charge is -2.37. The topological polar surface area (TPSA) is 108 Å². The summed E-state index contributed by atoms with van der Waals surface area (Å²) in [5.74, 6) is -1.80. The summed E-state index contributed by atoms with van der Waals surface area (Å²) < 4.78 is 10.1. The number of carbonyl (C=O) groups excluding carboxylic acids is 3. The normalized spacial score (nSPS) is 35.1. The fraction of sp³-hybridized carbons (Fsp3) is 0.864. The molecule has 9 nitrogen and oxygen atoms in total. The van der Waals surface area contributed by atoms with Crippen molar-refractivity contribution in [3.8, 4) is 0 Å². The maximum atomic E-state index is 13.7. The summed E-state index contributed by atoms with van der Waals surface area (Å²) in [5.41, 5.74) is 0. The van der Waals surface area contributed by atoms with Crippen LogP contribution < -0.4 is 5.32 Å². The summed E-state index contributed by atoms with van der Waals surface area (Å²) in [6.45, 7) is 8.03. The number of nitrogens with one attached hydrogen (secondary N) is 1. The molecule has 0 saturated carbocycles. The van der Waals surface area contributed by atoms with E-state index < -0.39 is 28.7 Å². The summed E-state index contributed by atoms with van der Waals surface area (Å²) >= 11 is 1.62. The standard InChI is InChI=1S/C22H35N3O6S/c1-3-14(13-26)25-18(19(27)23-7-8-24-9-11-30-12-10-24)22-6-5-15(32-22)16(17(22)20(25)28)21(29)31-4-2/h14-18,26H,3-13H2,1-2H3,(H,23,27)/t14-,15-,16+,17-,18?,22?/m0/s1. The van der Waals surface area contributed by atoms with E-state index in [9.17, 15) is 19.5 Å². The highest BCUT2D eigenvalue weighted by Crippen LogP contribution is 2.66. The molecule has 4 fully saturated rings. The van der Waals surface area contributed by atoms with Gasteiger partial charge in [-0.2, -0.15) is 0 Å². The van der Waals surface area contributed by atoms with E-state index in [0.29, 0.717) is 32.6 Å². The number of ether oxygens (including phenoxy) is 2. The molecule has 32 heavy (non-hydrogen) atoms. The number of thioether (sulfide) groups is 1. The van der Waals surface area contributed by atoms with Crippen LogP contribution in [0.15, 0.2) is 0 Å². The maximum absolute atomic E-state index is 13.7. The number of hydrogen-bond donors (Lipinski definition) is 2. The van der Waals surface area contributed by atoms with Crippen molar-refractivity contribution in [2.75, 3.05) is 52.6 Å². The molecule has 0 radical (unpaired) electrons. The first kappa shape index (κ1) is 23.8. The molecule has 4 aliphatic heterocycles. The number of carbonyl (C=O) groups is 3. The molecule has 10 heteroatoms. The molecule has 6 atom stereocenters. The molecule has 4 saturated heterocycles. The van der Waals surface area contributed by atoms with Crippen molar-refractivity contribution < 1.29 is 29.0 Å². The quantitative estimate of drug-likeness (QED) is 0.449. The van der Waals surface area contributed by atoms with Crippen molar-refractivity contribution in [2.45, 2.75) is 55.2 Å². The smallest absolute Gasteiger partial charge is 0.310 e. The number of morpholine rings is 1. The Bertz CT molecular complexity index is 728. The van der Waals surface area contributed by atoms with Crippen LogP contribution in [0.1, 0.15) is 33.1 Å². The van der Waals surface area contributed by atoms with Gasteiger partial charge in [-0.05, 0) is 26.2 Å². The van der Waals surface area contributed by atoms with Gasteiger partial charge in [0.05, 0.1) is 49.1 Å². The number of nitrogens with zero attached hydrogens (tertiary/aromatic N) is 2. The SMILES string of the molecule is CCOC(=O)[C@@H]1[C@@H]2CCC3(S2)C(C(=O)NCCN2CCOCC2)N([C@@H](CC)CO)C(=O)[C@H]13. The number of aliphatic hydroxyl groups excluding tert-OH is 1.